The molecule has 5 nitrogen and oxygen atoms in total. The standard InChI is InChI=1S/C23H27ClN2O3/c1-15-22(28)26(13-16-5-7-18(24)8-6-16)14-17-11-19(9-10-20(17)29-15)25-21(27)12-23(2,3)4/h5-11,15H,12-14H2,1-4H3,(H,25,27)/t15-/m0/s1. The molecular weight excluding hydrogens is 388 g/mol. The molecule has 2 amide bonds. The predicted molar refractivity (Wildman–Crippen MR) is 115 cm³/mol. The van der Waals surface area contributed by atoms with Gasteiger partial charge in [-0.05, 0) is 48.2 Å². The third kappa shape index (κ3) is 5.73. The van der Waals surface area contributed by atoms with Crippen LogP contribution in [0.2, 0.25) is 5.02 Å². The summed E-state index contributed by atoms with van der Waals surface area (Å²) in [6, 6.07) is 13.0. The first-order chi connectivity index (χ1) is 13.6. The van der Waals surface area contributed by atoms with Crippen molar-refractivity contribution < 1.29 is 14.3 Å². The molecular formula is C23H27ClN2O3. The number of rotatable bonds is 4. The van der Waals surface area contributed by atoms with Crippen LogP contribution in [0.5, 0.6) is 5.75 Å². The smallest absolute Gasteiger partial charge is 0.263 e. The third-order valence-corrected chi connectivity index (χ3v) is 4.90. The summed E-state index contributed by atoms with van der Waals surface area (Å²) < 4.78 is 5.87. The molecule has 0 saturated carbocycles. The summed E-state index contributed by atoms with van der Waals surface area (Å²) in [5.41, 5.74) is 2.48. The van der Waals surface area contributed by atoms with Crippen LogP contribution in [0.1, 0.15) is 45.2 Å². The van der Waals surface area contributed by atoms with Crippen LogP contribution in [0.4, 0.5) is 5.69 Å². The number of carbonyl (C=O) groups excluding carboxylic acids is 2. The molecule has 1 atom stereocenters. The summed E-state index contributed by atoms with van der Waals surface area (Å²) in [6.45, 7) is 8.70. The van der Waals surface area contributed by atoms with Crippen molar-refractivity contribution >= 4 is 29.1 Å². The molecule has 154 valence electrons. The van der Waals surface area contributed by atoms with E-state index in [9.17, 15) is 9.59 Å². The van der Waals surface area contributed by atoms with Crippen LogP contribution in [0.25, 0.3) is 0 Å². The maximum absolute atomic E-state index is 12.8. The zero-order valence-electron chi connectivity index (χ0n) is 17.3. The zero-order chi connectivity index (χ0) is 21.2. The molecule has 29 heavy (non-hydrogen) atoms. The Hall–Kier alpha value is -2.53. The highest BCUT2D eigenvalue weighted by atomic mass is 35.5. The van der Waals surface area contributed by atoms with Gasteiger partial charge in [-0.1, -0.05) is 44.5 Å². The van der Waals surface area contributed by atoms with E-state index in [-0.39, 0.29) is 17.2 Å². The van der Waals surface area contributed by atoms with Crippen molar-refractivity contribution in [1.29, 1.82) is 0 Å². The number of benzene rings is 2. The van der Waals surface area contributed by atoms with E-state index >= 15 is 0 Å². The normalized spacial score (nSPS) is 16.7. The van der Waals surface area contributed by atoms with Crippen molar-refractivity contribution in [3.8, 4) is 5.75 Å². The molecule has 0 spiro atoms. The van der Waals surface area contributed by atoms with E-state index in [1.54, 1.807) is 11.8 Å². The summed E-state index contributed by atoms with van der Waals surface area (Å²) in [4.78, 5) is 26.9. The largest absolute Gasteiger partial charge is 0.481 e. The van der Waals surface area contributed by atoms with Crippen molar-refractivity contribution in [3.63, 3.8) is 0 Å². The number of fused-ring (bicyclic) bond motifs is 1. The summed E-state index contributed by atoms with van der Waals surface area (Å²) in [5.74, 6) is 0.558. The molecule has 0 aromatic heterocycles. The lowest BCUT2D eigenvalue weighted by Crippen LogP contribution is -2.37. The van der Waals surface area contributed by atoms with Crippen LogP contribution in [-0.2, 0) is 22.7 Å². The first-order valence-electron chi connectivity index (χ1n) is 9.73. The average Bonchev–Trinajstić information content (AvgIpc) is 2.73. The van der Waals surface area contributed by atoms with Crippen LogP contribution < -0.4 is 10.1 Å². The Kier molecular flexibility index (Phi) is 6.18. The maximum atomic E-state index is 12.8. The SMILES string of the molecule is C[C@@H]1Oc2ccc(NC(=O)CC(C)(C)C)cc2CN(Cc2ccc(Cl)cc2)C1=O. The van der Waals surface area contributed by atoms with Gasteiger partial charge in [-0.25, -0.2) is 0 Å². The molecule has 0 fully saturated rings. The molecule has 0 aliphatic carbocycles. The monoisotopic (exact) mass is 414 g/mol. The summed E-state index contributed by atoms with van der Waals surface area (Å²) >= 11 is 5.96. The summed E-state index contributed by atoms with van der Waals surface area (Å²) in [6.07, 6.45) is -0.149. The average molecular weight is 415 g/mol. The van der Waals surface area contributed by atoms with Crippen LogP contribution in [0.15, 0.2) is 42.5 Å². The third-order valence-electron chi connectivity index (χ3n) is 4.65. The van der Waals surface area contributed by atoms with E-state index in [0.29, 0.717) is 36.0 Å². The lowest BCUT2D eigenvalue weighted by molar-refractivity contribution is -0.138. The van der Waals surface area contributed by atoms with Gasteiger partial charge in [0.2, 0.25) is 5.91 Å². The molecule has 1 aliphatic rings. The van der Waals surface area contributed by atoms with Crippen molar-refractivity contribution in [2.24, 2.45) is 5.41 Å². The quantitative estimate of drug-likeness (QED) is 0.763. The number of hydrogen-bond acceptors (Lipinski definition) is 3. The van der Waals surface area contributed by atoms with Crippen LogP contribution in [0.3, 0.4) is 0 Å². The predicted octanol–water partition coefficient (Wildman–Crippen LogP) is 5.02. The Bertz CT molecular complexity index is 903. The number of nitrogens with one attached hydrogen (secondary N) is 1. The van der Waals surface area contributed by atoms with E-state index in [4.69, 9.17) is 16.3 Å². The Morgan fingerprint density at radius 2 is 1.90 bits per heavy atom. The molecule has 2 aromatic carbocycles. The van der Waals surface area contributed by atoms with Crippen LogP contribution in [0, 0.1) is 5.41 Å². The number of carbonyl (C=O) groups is 2. The fraction of sp³-hybridized carbons (Fsp3) is 0.391. The minimum atomic E-state index is -0.579. The molecule has 0 bridgehead atoms. The highest BCUT2D eigenvalue weighted by Gasteiger charge is 2.28. The highest BCUT2D eigenvalue weighted by Crippen LogP contribution is 2.30. The zero-order valence-corrected chi connectivity index (χ0v) is 18.0. The molecule has 0 saturated heterocycles. The van der Waals surface area contributed by atoms with Gasteiger partial charge in [0.1, 0.15) is 5.75 Å². The van der Waals surface area contributed by atoms with Crippen molar-refractivity contribution in [2.75, 3.05) is 5.32 Å². The molecule has 6 heteroatoms. The first-order valence-corrected chi connectivity index (χ1v) is 10.1. The topological polar surface area (TPSA) is 58.6 Å². The Labute approximate surface area is 177 Å². The van der Waals surface area contributed by atoms with Gasteiger partial charge in [0.15, 0.2) is 6.10 Å². The molecule has 0 radical (unpaired) electrons. The molecule has 3 rings (SSSR count). The number of nitrogens with zero attached hydrogens (tertiary/aromatic N) is 1. The van der Waals surface area contributed by atoms with Crippen molar-refractivity contribution in [2.45, 2.75) is 53.3 Å². The lowest BCUT2D eigenvalue weighted by atomic mass is 9.92. The second-order valence-corrected chi connectivity index (χ2v) is 9.13. The Balaban J connectivity index is 1.80. The molecule has 1 heterocycles. The minimum absolute atomic E-state index is 0.0329. The van der Waals surface area contributed by atoms with Gasteiger partial charge >= 0.3 is 0 Å². The first kappa shape index (κ1) is 21.2. The molecule has 1 N–H and O–H groups in total. The second-order valence-electron chi connectivity index (χ2n) is 8.69. The number of ether oxygens (including phenoxy) is 1. The minimum Gasteiger partial charge on any atom is -0.481 e. The fourth-order valence-corrected chi connectivity index (χ4v) is 3.43. The number of hydrogen-bond donors (Lipinski definition) is 1. The van der Waals surface area contributed by atoms with Gasteiger partial charge in [-0.15, -0.1) is 0 Å². The van der Waals surface area contributed by atoms with E-state index in [0.717, 1.165) is 11.1 Å². The van der Waals surface area contributed by atoms with Crippen LogP contribution >= 0.6 is 11.6 Å². The van der Waals surface area contributed by atoms with Gasteiger partial charge in [0.25, 0.3) is 5.91 Å². The van der Waals surface area contributed by atoms with Crippen molar-refractivity contribution in [3.05, 3.63) is 58.6 Å². The van der Waals surface area contributed by atoms with E-state index in [2.05, 4.69) is 5.32 Å². The number of anilines is 1. The summed E-state index contributed by atoms with van der Waals surface area (Å²) in [5, 5.41) is 3.61. The Morgan fingerprint density at radius 1 is 1.21 bits per heavy atom. The fourth-order valence-electron chi connectivity index (χ4n) is 3.31. The Morgan fingerprint density at radius 3 is 2.55 bits per heavy atom. The van der Waals surface area contributed by atoms with E-state index < -0.39 is 6.10 Å². The van der Waals surface area contributed by atoms with Gasteiger partial charge in [-0.3, -0.25) is 9.59 Å². The van der Waals surface area contributed by atoms with Gasteiger partial charge in [0, 0.05) is 35.8 Å². The van der Waals surface area contributed by atoms with Crippen molar-refractivity contribution in [1.82, 2.24) is 4.90 Å². The molecule has 2 aromatic rings. The maximum Gasteiger partial charge on any atom is 0.263 e. The number of amides is 2. The molecule has 0 unspecified atom stereocenters. The van der Waals surface area contributed by atoms with E-state index in [1.165, 1.54) is 0 Å². The van der Waals surface area contributed by atoms with Gasteiger partial charge in [0.05, 0.1) is 0 Å². The summed E-state index contributed by atoms with van der Waals surface area (Å²) in [7, 11) is 0. The number of halogens is 1. The second kappa shape index (κ2) is 8.46. The van der Waals surface area contributed by atoms with Gasteiger partial charge < -0.3 is 15.0 Å². The lowest BCUT2D eigenvalue weighted by Gasteiger charge is -2.22. The highest BCUT2D eigenvalue weighted by molar-refractivity contribution is 6.30. The van der Waals surface area contributed by atoms with Crippen LogP contribution in [-0.4, -0.2) is 22.8 Å². The van der Waals surface area contributed by atoms with Gasteiger partial charge in [-0.2, -0.15) is 0 Å². The molecule has 1 aliphatic heterocycles. The van der Waals surface area contributed by atoms with E-state index in [1.807, 2.05) is 63.2 Å².